The lowest BCUT2D eigenvalue weighted by molar-refractivity contribution is -0.0351. The fraction of sp³-hybridized carbons (Fsp3) is 0.500. The van der Waals surface area contributed by atoms with E-state index < -0.39 is 24.1 Å². The Bertz CT molecular complexity index is 669. The summed E-state index contributed by atoms with van der Waals surface area (Å²) < 4.78 is 20.6. The Morgan fingerprint density at radius 1 is 1.68 bits per heavy atom. The Labute approximate surface area is 106 Å². The summed E-state index contributed by atoms with van der Waals surface area (Å²) in [5.41, 5.74) is 5.19. The number of nitrogen functional groups attached to an aromatic ring is 1. The third-order valence-electron chi connectivity index (χ3n) is 3.06. The number of ether oxygens (including phenoxy) is 1. The van der Waals surface area contributed by atoms with Gasteiger partial charge in [-0.3, -0.25) is 14.3 Å². The number of alkyl halides is 1. The highest BCUT2D eigenvalue weighted by Crippen LogP contribution is 2.32. The fourth-order valence-electron chi connectivity index (χ4n) is 2.19. The average molecular weight is 269 g/mol. The first kappa shape index (κ1) is 12.1. The number of fused-ring (bicyclic) bond motifs is 1. The number of halogens is 1. The molecule has 0 radical (unpaired) electrons. The van der Waals surface area contributed by atoms with Crippen molar-refractivity contribution in [2.45, 2.75) is 24.9 Å². The van der Waals surface area contributed by atoms with Gasteiger partial charge in [-0.05, 0) is 0 Å². The molecule has 19 heavy (non-hydrogen) atoms. The lowest BCUT2D eigenvalue weighted by atomic mass is 10.2. The number of aliphatic hydroxyl groups excluding tert-OH is 1. The van der Waals surface area contributed by atoms with Crippen LogP contribution in [0.4, 0.5) is 10.3 Å². The second-order valence-electron chi connectivity index (χ2n) is 4.36. The van der Waals surface area contributed by atoms with E-state index in [9.17, 15) is 9.18 Å². The minimum atomic E-state index is -1.31. The van der Waals surface area contributed by atoms with Crippen LogP contribution in [0.5, 0.6) is 0 Å². The first-order valence-electron chi connectivity index (χ1n) is 5.73. The summed E-state index contributed by atoms with van der Waals surface area (Å²) in [5.74, 6) is -0.0774. The van der Waals surface area contributed by atoms with E-state index in [1.807, 2.05) is 0 Å². The van der Waals surface area contributed by atoms with E-state index in [1.54, 1.807) is 0 Å². The van der Waals surface area contributed by atoms with Crippen LogP contribution in [0.15, 0.2) is 11.1 Å². The van der Waals surface area contributed by atoms with E-state index in [4.69, 9.17) is 15.6 Å². The predicted molar refractivity (Wildman–Crippen MR) is 63.1 cm³/mol. The van der Waals surface area contributed by atoms with Crippen LogP contribution in [0.25, 0.3) is 11.2 Å². The summed E-state index contributed by atoms with van der Waals surface area (Å²) in [6, 6.07) is 0. The molecule has 8 nitrogen and oxygen atoms in total. The molecule has 9 heteroatoms. The molecule has 1 aliphatic rings. The fourth-order valence-corrected chi connectivity index (χ4v) is 2.19. The molecular weight excluding hydrogens is 257 g/mol. The molecule has 4 N–H and O–H groups in total. The Morgan fingerprint density at radius 2 is 2.47 bits per heavy atom. The number of anilines is 1. The zero-order chi connectivity index (χ0) is 13.6. The second-order valence-corrected chi connectivity index (χ2v) is 4.36. The van der Waals surface area contributed by atoms with Crippen molar-refractivity contribution < 1.29 is 14.2 Å². The summed E-state index contributed by atoms with van der Waals surface area (Å²) in [5, 5.41) is 8.99. The maximum atomic E-state index is 13.9. The number of rotatable bonds is 2. The standard InChI is InChI=1S/C10H12FN5O3/c11-5-1-4(2-17)19-9(5)16-3-13-6-7(16)14-10(12)15-8(6)18/h3-5,9,17H,1-2H2,(H3,12,14,15,18)/t4-,5?,9+/m0/s1. The summed E-state index contributed by atoms with van der Waals surface area (Å²) >= 11 is 0. The number of aromatic amines is 1. The molecule has 1 unspecified atom stereocenters. The van der Waals surface area contributed by atoms with Gasteiger partial charge in [-0.1, -0.05) is 0 Å². The van der Waals surface area contributed by atoms with Gasteiger partial charge in [0.2, 0.25) is 5.95 Å². The van der Waals surface area contributed by atoms with E-state index in [0.717, 1.165) is 0 Å². The summed E-state index contributed by atoms with van der Waals surface area (Å²) in [7, 11) is 0. The smallest absolute Gasteiger partial charge is 0.280 e. The monoisotopic (exact) mass is 269 g/mol. The van der Waals surface area contributed by atoms with E-state index >= 15 is 0 Å². The van der Waals surface area contributed by atoms with Crippen LogP contribution in [-0.4, -0.2) is 43.5 Å². The maximum absolute atomic E-state index is 13.9. The number of hydrogen-bond donors (Lipinski definition) is 3. The van der Waals surface area contributed by atoms with Gasteiger partial charge >= 0.3 is 0 Å². The van der Waals surface area contributed by atoms with Crippen LogP contribution >= 0.6 is 0 Å². The van der Waals surface area contributed by atoms with Gasteiger partial charge in [0.15, 0.2) is 17.4 Å². The Hall–Kier alpha value is -2.00. The van der Waals surface area contributed by atoms with Crippen LogP contribution in [0.1, 0.15) is 12.6 Å². The minimum Gasteiger partial charge on any atom is -0.394 e. The van der Waals surface area contributed by atoms with E-state index in [1.165, 1.54) is 10.9 Å². The number of hydrogen-bond acceptors (Lipinski definition) is 6. The predicted octanol–water partition coefficient (Wildman–Crippen LogP) is -0.680. The summed E-state index contributed by atoms with van der Waals surface area (Å²) in [6.07, 6.45) is -1.48. The molecule has 2 aromatic heterocycles. The number of nitrogens with zero attached hydrogens (tertiary/aromatic N) is 3. The number of aromatic nitrogens is 4. The highest BCUT2D eigenvalue weighted by Gasteiger charge is 2.37. The van der Waals surface area contributed by atoms with Gasteiger partial charge in [-0.15, -0.1) is 0 Å². The Balaban J connectivity index is 2.09. The molecule has 1 fully saturated rings. The maximum Gasteiger partial charge on any atom is 0.280 e. The van der Waals surface area contributed by atoms with Crippen molar-refractivity contribution in [3.8, 4) is 0 Å². The second kappa shape index (κ2) is 4.28. The largest absolute Gasteiger partial charge is 0.394 e. The van der Waals surface area contributed by atoms with Gasteiger partial charge in [-0.25, -0.2) is 9.37 Å². The van der Waals surface area contributed by atoms with Crippen molar-refractivity contribution >= 4 is 17.1 Å². The lowest BCUT2D eigenvalue weighted by Gasteiger charge is -2.15. The number of nitrogens with one attached hydrogen (secondary N) is 1. The van der Waals surface area contributed by atoms with Gasteiger partial charge in [-0.2, -0.15) is 4.98 Å². The van der Waals surface area contributed by atoms with Crippen LogP contribution < -0.4 is 11.3 Å². The van der Waals surface area contributed by atoms with Crippen LogP contribution in [0.3, 0.4) is 0 Å². The van der Waals surface area contributed by atoms with Gasteiger partial charge in [0.25, 0.3) is 5.56 Å². The molecule has 0 aromatic carbocycles. The molecule has 0 aliphatic carbocycles. The van der Waals surface area contributed by atoms with Gasteiger partial charge in [0, 0.05) is 6.42 Å². The number of H-pyrrole nitrogens is 1. The molecule has 0 amide bonds. The van der Waals surface area contributed by atoms with Crippen molar-refractivity contribution in [3.05, 3.63) is 16.7 Å². The molecule has 102 valence electrons. The number of aliphatic hydroxyl groups is 1. The highest BCUT2D eigenvalue weighted by atomic mass is 19.1. The van der Waals surface area contributed by atoms with Crippen molar-refractivity contribution in [2.24, 2.45) is 0 Å². The topological polar surface area (TPSA) is 119 Å². The van der Waals surface area contributed by atoms with E-state index in [0.29, 0.717) is 0 Å². The third kappa shape index (κ3) is 1.87. The molecule has 0 spiro atoms. The lowest BCUT2D eigenvalue weighted by Crippen LogP contribution is -2.18. The Kier molecular flexibility index (Phi) is 2.72. The average Bonchev–Trinajstić information content (AvgIpc) is 2.92. The first-order valence-corrected chi connectivity index (χ1v) is 5.73. The summed E-state index contributed by atoms with van der Waals surface area (Å²) in [6.45, 7) is -0.264. The quantitative estimate of drug-likeness (QED) is 0.664. The molecule has 2 aromatic rings. The first-order chi connectivity index (χ1) is 9.10. The Morgan fingerprint density at radius 3 is 3.16 bits per heavy atom. The van der Waals surface area contributed by atoms with E-state index in [2.05, 4.69) is 15.0 Å². The van der Waals surface area contributed by atoms with Crippen molar-refractivity contribution in [1.29, 1.82) is 0 Å². The number of nitrogens with two attached hydrogens (primary N) is 1. The summed E-state index contributed by atoms with van der Waals surface area (Å²) in [4.78, 5) is 21.7. The highest BCUT2D eigenvalue weighted by molar-refractivity contribution is 5.70. The molecule has 1 saturated heterocycles. The molecule has 3 atom stereocenters. The molecule has 1 aliphatic heterocycles. The van der Waals surface area contributed by atoms with Crippen LogP contribution in [-0.2, 0) is 4.74 Å². The minimum absolute atomic E-state index is 0.0671. The van der Waals surface area contributed by atoms with Gasteiger partial charge in [0.05, 0.1) is 19.0 Å². The van der Waals surface area contributed by atoms with Crippen LogP contribution in [0.2, 0.25) is 0 Å². The van der Waals surface area contributed by atoms with Gasteiger partial charge < -0.3 is 15.6 Å². The number of imidazole rings is 1. The van der Waals surface area contributed by atoms with Gasteiger partial charge in [0.1, 0.15) is 6.17 Å². The SMILES string of the molecule is Nc1nc2c(ncn2[C@@H]2O[C@H](CO)CC2F)c(=O)[nH]1. The van der Waals surface area contributed by atoms with Crippen LogP contribution in [0, 0.1) is 0 Å². The van der Waals surface area contributed by atoms with Crippen molar-refractivity contribution in [1.82, 2.24) is 19.5 Å². The van der Waals surface area contributed by atoms with Crippen molar-refractivity contribution in [3.63, 3.8) is 0 Å². The zero-order valence-corrected chi connectivity index (χ0v) is 9.78. The van der Waals surface area contributed by atoms with Crippen molar-refractivity contribution in [2.75, 3.05) is 12.3 Å². The third-order valence-corrected chi connectivity index (χ3v) is 3.06. The molecule has 0 bridgehead atoms. The normalized spacial score (nSPS) is 27.2. The molecular formula is C10H12FN5O3. The zero-order valence-electron chi connectivity index (χ0n) is 9.78. The molecule has 3 rings (SSSR count). The molecule has 3 heterocycles. The van der Waals surface area contributed by atoms with E-state index in [-0.39, 0.29) is 30.1 Å². The molecule has 0 saturated carbocycles.